The summed E-state index contributed by atoms with van der Waals surface area (Å²) in [5.74, 6) is -0.196. The molecule has 2 aromatic carbocycles. The first-order valence-electron chi connectivity index (χ1n) is 6.81. The minimum absolute atomic E-state index is 0.180. The van der Waals surface area contributed by atoms with Crippen molar-refractivity contribution in [2.24, 2.45) is 0 Å². The maximum Gasteiger partial charge on any atom is 0.123 e. The number of hydrogen-bond donors (Lipinski definition) is 1. The van der Waals surface area contributed by atoms with Crippen LogP contribution in [-0.2, 0) is 6.42 Å². The monoisotopic (exact) mass is 291 g/mol. The molecule has 0 fully saturated rings. The van der Waals surface area contributed by atoms with Crippen molar-refractivity contribution in [1.29, 1.82) is 0 Å². The third-order valence-corrected chi connectivity index (χ3v) is 3.71. The van der Waals surface area contributed by atoms with Gasteiger partial charge in [0.2, 0.25) is 0 Å². The van der Waals surface area contributed by atoms with Gasteiger partial charge in [0.1, 0.15) is 5.82 Å². The molecule has 0 aromatic heterocycles. The molecule has 0 aliphatic heterocycles. The highest BCUT2D eigenvalue weighted by atomic mass is 35.5. The molecule has 0 radical (unpaired) electrons. The molecule has 106 valence electrons. The smallest absolute Gasteiger partial charge is 0.123 e. The normalized spacial score (nSPS) is 14.0. The van der Waals surface area contributed by atoms with Gasteiger partial charge in [0, 0.05) is 17.1 Å². The highest BCUT2D eigenvalue weighted by Crippen LogP contribution is 2.22. The van der Waals surface area contributed by atoms with Crippen molar-refractivity contribution in [1.82, 2.24) is 5.32 Å². The summed E-state index contributed by atoms with van der Waals surface area (Å²) in [6.45, 7) is 4.22. The summed E-state index contributed by atoms with van der Waals surface area (Å²) in [7, 11) is 0. The molecule has 20 heavy (non-hydrogen) atoms. The lowest BCUT2D eigenvalue weighted by Gasteiger charge is -2.21. The van der Waals surface area contributed by atoms with E-state index in [1.165, 1.54) is 12.1 Å². The maximum absolute atomic E-state index is 12.9. The van der Waals surface area contributed by atoms with E-state index < -0.39 is 0 Å². The Kier molecular flexibility index (Phi) is 5.16. The second-order valence-electron chi connectivity index (χ2n) is 5.14. The second kappa shape index (κ2) is 6.87. The fourth-order valence-electron chi connectivity index (χ4n) is 2.38. The summed E-state index contributed by atoms with van der Waals surface area (Å²) in [4.78, 5) is 0. The minimum atomic E-state index is -0.196. The largest absolute Gasteiger partial charge is 0.307 e. The van der Waals surface area contributed by atoms with Crippen LogP contribution in [0.5, 0.6) is 0 Å². The molecule has 2 atom stereocenters. The molecule has 3 heteroatoms. The van der Waals surface area contributed by atoms with Crippen LogP contribution in [0.2, 0.25) is 5.02 Å². The van der Waals surface area contributed by atoms with Crippen LogP contribution in [0, 0.1) is 5.82 Å². The summed E-state index contributed by atoms with van der Waals surface area (Å²) in [5, 5.41) is 4.30. The first-order valence-corrected chi connectivity index (χ1v) is 7.19. The molecule has 1 unspecified atom stereocenters. The van der Waals surface area contributed by atoms with Crippen LogP contribution in [0.3, 0.4) is 0 Å². The van der Waals surface area contributed by atoms with Crippen molar-refractivity contribution in [3.05, 3.63) is 70.5 Å². The average molecular weight is 292 g/mol. The van der Waals surface area contributed by atoms with E-state index in [1.54, 1.807) is 0 Å². The Labute approximate surface area is 124 Å². The number of benzene rings is 2. The topological polar surface area (TPSA) is 12.0 Å². The van der Waals surface area contributed by atoms with Gasteiger partial charge in [0.05, 0.1) is 0 Å². The zero-order valence-corrected chi connectivity index (χ0v) is 12.5. The van der Waals surface area contributed by atoms with Crippen LogP contribution >= 0.6 is 11.6 Å². The van der Waals surface area contributed by atoms with Crippen molar-refractivity contribution >= 4 is 11.6 Å². The Balaban J connectivity index is 1.96. The van der Waals surface area contributed by atoms with E-state index in [0.29, 0.717) is 0 Å². The van der Waals surface area contributed by atoms with Crippen LogP contribution in [0.1, 0.15) is 31.0 Å². The second-order valence-corrected chi connectivity index (χ2v) is 5.55. The van der Waals surface area contributed by atoms with Gasteiger partial charge in [-0.3, -0.25) is 0 Å². The number of hydrogen-bond acceptors (Lipinski definition) is 1. The molecule has 2 rings (SSSR count). The van der Waals surface area contributed by atoms with Gasteiger partial charge in [-0.05, 0) is 49.6 Å². The van der Waals surface area contributed by atoms with Crippen LogP contribution < -0.4 is 5.32 Å². The number of halogens is 2. The van der Waals surface area contributed by atoms with E-state index in [1.807, 2.05) is 36.4 Å². The Bertz CT molecular complexity index is 553. The van der Waals surface area contributed by atoms with Crippen LogP contribution in [0.4, 0.5) is 4.39 Å². The molecule has 0 saturated carbocycles. The molecule has 0 heterocycles. The van der Waals surface area contributed by atoms with E-state index in [4.69, 9.17) is 11.6 Å². The van der Waals surface area contributed by atoms with E-state index in [2.05, 4.69) is 19.2 Å². The summed E-state index contributed by atoms with van der Waals surface area (Å²) < 4.78 is 12.9. The van der Waals surface area contributed by atoms with Gasteiger partial charge in [-0.15, -0.1) is 0 Å². The molecule has 0 aliphatic carbocycles. The predicted octanol–water partition coefficient (Wildman–Crippen LogP) is 4.76. The Morgan fingerprint density at radius 3 is 2.35 bits per heavy atom. The zero-order chi connectivity index (χ0) is 14.5. The van der Waals surface area contributed by atoms with Gasteiger partial charge in [0.15, 0.2) is 0 Å². The molecular weight excluding hydrogens is 273 g/mol. The molecule has 0 amide bonds. The Morgan fingerprint density at radius 1 is 1.05 bits per heavy atom. The standard InChI is InChI=1S/C17H19ClFN/c1-12(11-14-7-9-15(19)10-8-14)20-13(2)16-5-3-4-6-17(16)18/h3-10,12-13,20H,11H2,1-2H3/t12?,13-/m0/s1. The van der Waals surface area contributed by atoms with Crippen molar-refractivity contribution in [3.63, 3.8) is 0 Å². The van der Waals surface area contributed by atoms with Crippen molar-refractivity contribution in [3.8, 4) is 0 Å². The quantitative estimate of drug-likeness (QED) is 0.837. The van der Waals surface area contributed by atoms with Gasteiger partial charge >= 0.3 is 0 Å². The summed E-state index contributed by atoms with van der Waals surface area (Å²) in [6.07, 6.45) is 0.856. The SMILES string of the molecule is CC(Cc1ccc(F)cc1)N[C@@H](C)c1ccccc1Cl. The van der Waals surface area contributed by atoms with Gasteiger partial charge in [-0.2, -0.15) is 0 Å². The first kappa shape index (κ1) is 15.0. The van der Waals surface area contributed by atoms with Crippen LogP contribution in [0.25, 0.3) is 0 Å². The maximum atomic E-state index is 12.9. The highest BCUT2D eigenvalue weighted by molar-refractivity contribution is 6.31. The van der Waals surface area contributed by atoms with E-state index in [9.17, 15) is 4.39 Å². The molecule has 2 aromatic rings. The first-order chi connectivity index (χ1) is 9.56. The molecule has 0 spiro atoms. The molecule has 0 aliphatic rings. The predicted molar refractivity (Wildman–Crippen MR) is 82.6 cm³/mol. The van der Waals surface area contributed by atoms with Crippen molar-refractivity contribution in [2.75, 3.05) is 0 Å². The molecule has 0 saturated heterocycles. The summed E-state index contributed by atoms with van der Waals surface area (Å²) >= 11 is 6.20. The third-order valence-electron chi connectivity index (χ3n) is 3.36. The number of rotatable bonds is 5. The summed E-state index contributed by atoms with van der Waals surface area (Å²) in [5.41, 5.74) is 2.22. The molecule has 1 N–H and O–H groups in total. The van der Waals surface area contributed by atoms with Crippen molar-refractivity contribution in [2.45, 2.75) is 32.4 Å². The molecule has 0 bridgehead atoms. The minimum Gasteiger partial charge on any atom is -0.307 e. The fraction of sp³-hybridized carbons (Fsp3) is 0.294. The lowest BCUT2D eigenvalue weighted by molar-refractivity contribution is 0.477. The van der Waals surface area contributed by atoms with E-state index >= 15 is 0 Å². The summed E-state index contributed by atoms with van der Waals surface area (Å²) in [6, 6.07) is 15.0. The Morgan fingerprint density at radius 2 is 1.70 bits per heavy atom. The lowest BCUT2D eigenvalue weighted by Crippen LogP contribution is -2.30. The van der Waals surface area contributed by atoms with Crippen LogP contribution in [0.15, 0.2) is 48.5 Å². The molecular formula is C17H19ClFN. The van der Waals surface area contributed by atoms with Gasteiger partial charge in [0.25, 0.3) is 0 Å². The zero-order valence-electron chi connectivity index (χ0n) is 11.7. The molecule has 1 nitrogen and oxygen atoms in total. The fourth-order valence-corrected chi connectivity index (χ4v) is 2.68. The van der Waals surface area contributed by atoms with Crippen molar-refractivity contribution < 1.29 is 4.39 Å². The van der Waals surface area contributed by atoms with E-state index in [-0.39, 0.29) is 17.9 Å². The van der Waals surface area contributed by atoms with Gasteiger partial charge in [-0.1, -0.05) is 41.9 Å². The van der Waals surface area contributed by atoms with E-state index in [0.717, 1.165) is 22.6 Å². The van der Waals surface area contributed by atoms with Gasteiger partial charge in [-0.25, -0.2) is 4.39 Å². The van der Waals surface area contributed by atoms with Crippen LogP contribution in [-0.4, -0.2) is 6.04 Å². The average Bonchev–Trinajstić information content (AvgIpc) is 2.41. The lowest BCUT2D eigenvalue weighted by atomic mass is 10.0. The van der Waals surface area contributed by atoms with Gasteiger partial charge < -0.3 is 5.32 Å². The highest BCUT2D eigenvalue weighted by Gasteiger charge is 2.12. The number of nitrogens with one attached hydrogen (secondary N) is 1. The third kappa shape index (κ3) is 4.06. The Hall–Kier alpha value is -1.38.